The number of nitrogens with one attached hydrogen (secondary N) is 1. The molecule has 104 valence electrons. The lowest BCUT2D eigenvalue weighted by Crippen LogP contribution is -2.44. The Bertz CT molecular complexity index is 433. The predicted molar refractivity (Wildman–Crippen MR) is 76.1 cm³/mol. The maximum atomic E-state index is 12.2. The molecule has 19 heavy (non-hydrogen) atoms. The summed E-state index contributed by atoms with van der Waals surface area (Å²) in [6, 6.07) is 5.54. The van der Waals surface area contributed by atoms with E-state index in [1.807, 2.05) is 26.0 Å². The van der Waals surface area contributed by atoms with Crippen LogP contribution in [0.3, 0.4) is 0 Å². The van der Waals surface area contributed by atoms with Crippen LogP contribution in [0.4, 0.5) is 5.69 Å². The molecule has 1 atom stereocenters. The lowest BCUT2D eigenvalue weighted by Gasteiger charge is -2.26. The first-order valence-corrected chi connectivity index (χ1v) is 6.79. The van der Waals surface area contributed by atoms with Crippen molar-refractivity contribution in [2.75, 3.05) is 18.5 Å². The minimum atomic E-state index is -0.454. The van der Waals surface area contributed by atoms with Crippen LogP contribution in [-0.2, 0) is 9.53 Å². The third-order valence-corrected chi connectivity index (χ3v) is 3.57. The van der Waals surface area contributed by atoms with Gasteiger partial charge in [0, 0.05) is 18.9 Å². The Morgan fingerprint density at radius 2 is 1.84 bits per heavy atom. The minimum Gasteiger partial charge on any atom is -0.381 e. The van der Waals surface area contributed by atoms with E-state index in [0.717, 1.165) is 29.7 Å². The SMILES string of the molecule is Cc1cc(C)cc(NC(=O)C(N)C2CCOCC2)c1. The second kappa shape index (κ2) is 6.17. The van der Waals surface area contributed by atoms with Crippen molar-refractivity contribution in [1.29, 1.82) is 0 Å². The average molecular weight is 262 g/mol. The molecule has 0 saturated carbocycles. The summed E-state index contributed by atoms with van der Waals surface area (Å²) in [4.78, 5) is 12.2. The van der Waals surface area contributed by atoms with Gasteiger partial charge in [-0.25, -0.2) is 0 Å². The van der Waals surface area contributed by atoms with Crippen molar-refractivity contribution >= 4 is 11.6 Å². The summed E-state index contributed by atoms with van der Waals surface area (Å²) in [5, 5.41) is 2.92. The first-order chi connectivity index (χ1) is 9.06. The summed E-state index contributed by atoms with van der Waals surface area (Å²) in [7, 11) is 0. The molecule has 1 aromatic carbocycles. The summed E-state index contributed by atoms with van der Waals surface area (Å²) < 4.78 is 5.29. The van der Waals surface area contributed by atoms with Gasteiger partial charge in [-0.15, -0.1) is 0 Å². The number of rotatable bonds is 3. The monoisotopic (exact) mass is 262 g/mol. The third-order valence-electron chi connectivity index (χ3n) is 3.57. The zero-order valence-electron chi connectivity index (χ0n) is 11.6. The molecule has 1 unspecified atom stereocenters. The Hall–Kier alpha value is -1.39. The number of aryl methyl sites for hydroxylation is 2. The molecule has 1 saturated heterocycles. The first-order valence-electron chi connectivity index (χ1n) is 6.79. The molecule has 1 aliphatic heterocycles. The second-order valence-electron chi connectivity index (χ2n) is 5.34. The third kappa shape index (κ3) is 3.78. The average Bonchev–Trinajstić information content (AvgIpc) is 2.37. The Morgan fingerprint density at radius 3 is 2.42 bits per heavy atom. The molecule has 4 nitrogen and oxygen atoms in total. The molecular formula is C15H22N2O2. The van der Waals surface area contributed by atoms with Gasteiger partial charge in [0.15, 0.2) is 0 Å². The van der Waals surface area contributed by atoms with Crippen LogP contribution in [0.2, 0.25) is 0 Å². The zero-order chi connectivity index (χ0) is 13.8. The fourth-order valence-corrected chi connectivity index (χ4v) is 2.56. The van der Waals surface area contributed by atoms with Gasteiger partial charge in [0.05, 0.1) is 6.04 Å². The molecule has 0 radical (unpaired) electrons. The lowest BCUT2D eigenvalue weighted by molar-refractivity contribution is -0.119. The van der Waals surface area contributed by atoms with Crippen LogP contribution in [0.15, 0.2) is 18.2 Å². The molecular weight excluding hydrogens is 240 g/mol. The van der Waals surface area contributed by atoms with Gasteiger partial charge in [0.25, 0.3) is 0 Å². The summed E-state index contributed by atoms with van der Waals surface area (Å²) in [5.41, 5.74) is 9.14. The van der Waals surface area contributed by atoms with E-state index in [2.05, 4.69) is 11.4 Å². The molecule has 0 spiro atoms. The highest BCUT2D eigenvalue weighted by Gasteiger charge is 2.26. The molecule has 2 rings (SSSR count). The van der Waals surface area contributed by atoms with Gasteiger partial charge in [-0.2, -0.15) is 0 Å². The van der Waals surface area contributed by atoms with Crippen molar-refractivity contribution in [3.05, 3.63) is 29.3 Å². The molecule has 0 aromatic heterocycles. The number of amides is 1. The van der Waals surface area contributed by atoms with E-state index < -0.39 is 6.04 Å². The van der Waals surface area contributed by atoms with Crippen molar-refractivity contribution in [2.45, 2.75) is 32.7 Å². The van der Waals surface area contributed by atoms with Gasteiger partial charge in [-0.1, -0.05) is 6.07 Å². The largest absolute Gasteiger partial charge is 0.381 e. The molecule has 0 aliphatic carbocycles. The molecule has 1 aromatic rings. The highest BCUT2D eigenvalue weighted by Crippen LogP contribution is 2.19. The Kier molecular flexibility index (Phi) is 4.56. The summed E-state index contributed by atoms with van der Waals surface area (Å²) >= 11 is 0. The Labute approximate surface area is 114 Å². The smallest absolute Gasteiger partial charge is 0.241 e. The molecule has 1 aliphatic rings. The van der Waals surface area contributed by atoms with Gasteiger partial charge >= 0.3 is 0 Å². The van der Waals surface area contributed by atoms with E-state index >= 15 is 0 Å². The fraction of sp³-hybridized carbons (Fsp3) is 0.533. The Morgan fingerprint density at radius 1 is 1.26 bits per heavy atom. The second-order valence-corrected chi connectivity index (χ2v) is 5.34. The van der Waals surface area contributed by atoms with Crippen LogP contribution in [0, 0.1) is 19.8 Å². The van der Waals surface area contributed by atoms with Gasteiger partial charge < -0.3 is 15.8 Å². The quantitative estimate of drug-likeness (QED) is 0.875. The van der Waals surface area contributed by atoms with E-state index in [1.165, 1.54) is 0 Å². The number of benzene rings is 1. The standard InChI is InChI=1S/C15H22N2O2/c1-10-7-11(2)9-13(8-10)17-15(18)14(16)12-3-5-19-6-4-12/h7-9,12,14H,3-6,16H2,1-2H3,(H,17,18). The van der Waals surface area contributed by atoms with Crippen LogP contribution >= 0.6 is 0 Å². The van der Waals surface area contributed by atoms with Crippen molar-refractivity contribution < 1.29 is 9.53 Å². The van der Waals surface area contributed by atoms with Gasteiger partial charge in [0.2, 0.25) is 5.91 Å². The first kappa shape index (κ1) is 14.0. The number of hydrogen-bond acceptors (Lipinski definition) is 3. The molecule has 1 fully saturated rings. The van der Waals surface area contributed by atoms with E-state index in [1.54, 1.807) is 0 Å². The fourth-order valence-electron chi connectivity index (χ4n) is 2.56. The highest BCUT2D eigenvalue weighted by molar-refractivity contribution is 5.95. The van der Waals surface area contributed by atoms with Gasteiger partial charge in [0.1, 0.15) is 0 Å². The number of nitrogens with two attached hydrogens (primary N) is 1. The summed E-state index contributed by atoms with van der Waals surface area (Å²) in [5.74, 6) is 0.122. The zero-order valence-corrected chi connectivity index (χ0v) is 11.6. The molecule has 3 N–H and O–H groups in total. The maximum absolute atomic E-state index is 12.2. The number of ether oxygens (including phenoxy) is 1. The topological polar surface area (TPSA) is 64.4 Å². The van der Waals surface area contributed by atoms with Crippen LogP contribution in [0.1, 0.15) is 24.0 Å². The van der Waals surface area contributed by atoms with E-state index in [-0.39, 0.29) is 11.8 Å². The molecule has 1 heterocycles. The minimum absolute atomic E-state index is 0.100. The molecule has 1 amide bonds. The predicted octanol–water partition coefficient (Wildman–Crippen LogP) is 2.00. The van der Waals surface area contributed by atoms with Crippen molar-refractivity contribution in [2.24, 2.45) is 11.7 Å². The van der Waals surface area contributed by atoms with Crippen LogP contribution < -0.4 is 11.1 Å². The summed E-state index contributed by atoms with van der Waals surface area (Å²) in [6.07, 6.45) is 1.73. The van der Waals surface area contributed by atoms with Crippen LogP contribution in [-0.4, -0.2) is 25.2 Å². The number of carbonyl (C=O) groups is 1. The van der Waals surface area contributed by atoms with Gasteiger partial charge in [-0.05, 0) is 55.9 Å². The van der Waals surface area contributed by atoms with E-state index in [4.69, 9.17) is 10.5 Å². The van der Waals surface area contributed by atoms with E-state index in [0.29, 0.717) is 13.2 Å². The number of hydrogen-bond donors (Lipinski definition) is 2. The summed E-state index contributed by atoms with van der Waals surface area (Å²) in [6.45, 7) is 5.44. The van der Waals surface area contributed by atoms with Crippen molar-refractivity contribution in [1.82, 2.24) is 0 Å². The van der Waals surface area contributed by atoms with Crippen LogP contribution in [0.5, 0.6) is 0 Å². The van der Waals surface area contributed by atoms with Crippen LogP contribution in [0.25, 0.3) is 0 Å². The maximum Gasteiger partial charge on any atom is 0.241 e. The number of anilines is 1. The van der Waals surface area contributed by atoms with Crippen molar-refractivity contribution in [3.63, 3.8) is 0 Å². The molecule has 4 heteroatoms. The number of carbonyl (C=O) groups excluding carboxylic acids is 1. The van der Waals surface area contributed by atoms with Crippen molar-refractivity contribution in [3.8, 4) is 0 Å². The Balaban J connectivity index is 1.99. The van der Waals surface area contributed by atoms with Gasteiger partial charge in [-0.3, -0.25) is 4.79 Å². The normalized spacial score (nSPS) is 18.1. The highest BCUT2D eigenvalue weighted by atomic mass is 16.5. The lowest BCUT2D eigenvalue weighted by atomic mass is 9.92. The van der Waals surface area contributed by atoms with E-state index in [9.17, 15) is 4.79 Å². The molecule has 0 bridgehead atoms.